The van der Waals surface area contributed by atoms with E-state index >= 15 is 0 Å². The minimum absolute atomic E-state index is 0.936. The first kappa shape index (κ1) is 20.4. The van der Waals surface area contributed by atoms with E-state index in [1.54, 1.807) is 0 Å². The van der Waals surface area contributed by atoms with Crippen LogP contribution in [0.25, 0.3) is 22.4 Å². The molecular formula is C32H27N2+. The molecule has 34 heavy (non-hydrogen) atoms. The zero-order valence-electron chi connectivity index (χ0n) is 19.6. The highest BCUT2D eigenvalue weighted by Crippen LogP contribution is 2.37. The van der Waals surface area contributed by atoms with Gasteiger partial charge in [0.2, 0.25) is 5.69 Å². The maximum Gasteiger partial charge on any atom is 0.213 e. The van der Waals surface area contributed by atoms with E-state index in [4.69, 9.17) is 0 Å². The molecule has 2 nitrogen and oxygen atoms in total. The highest BCUT2D eigenvalue weighted by molar-refractivity contribution is 5.79. The molecule has 0 N–H and O–H groups in total. The summed E-state index contributed by atoms with van der Waals surface area (Å²) >= 11 is 0. The van der Waals surface area contributed by atoms with Crippen molar-refractivity contribution in [3.05, 3.63) is 132 Å². The van der Waals surface area contributed by atoms with Crippen molar-refractivity contribution in [1.29, 1.82) is 0 Å². The summed E-state index contributed by atoms with van der Waals surface area (Å²) in [6.07, 6.45) is 2.16. The summed E-state index contributed by atoms with van der Waals surface area (Å²) in [5.74, 6) is 0. The number of hydrogen-bond donors (Lipinski definition) is 0. The molecule has 0 radical (unpaired) electrons. The smallest absolute Gasteiger partial charge is 0.213 e. The summed E-state index contributed by atoms with van der Waals surface area (Å²) in [4.78, 5) is 2.33. The summed E-state index contributed by atoms with van der Waals surface area (Å²) in [5.41, 5.74) is 12.5. The fourth-order valence-electron chi connectivity index (χ4n) is 4.98. The lowest BCUT2D eigenvalue weighted by Crippen LogP contribution is -2.31. The second-order valence-electron chi connectivity index (χ2n) is 9.15. The van der Waals surface area contributed by atoms with Gasteiger partial charge in [0.25, 0.3) is 0 Å². The Morgan fingerprint density at radius 1 is 0.588 bits per heavy atom. The van der Waals surface area contributed by atoms with Crippen molar-refractivity contribution < 1.29 is 4.57 Å². The van der Waals surface area contributed by atoms with Crippen LogP contribution >= 0.6 is 0 Å². The maximum absolute atomic E-state index is 2.34. The number of aromatic nitrogens is 1. The first-order valence-electron chi connectivity index (χ1n) is 11.8. The molecule has 2 heterocycles. The van der Waals surface area contributed by atoms with Crippen LogP contribution in [0, 0.1) is 13.8 Å². The molecule has 0 saturated heterocycles. The average Bonchev–Trinajstić information content (AvgIpc) is 3.23. The molecule has 0 aliphatic carbocycles. The second kappa shape index (κ2) is 8.31. The molecule has 0 saturated carbocycles. The van der Waals surface area contributed by atoms with E-state index in [0.717, 1.165) is 12.2 Å². The van der Waals surface area contributed by atoms with Crippen molar-refractivity contribution in [2.24, 2.45) is 0 Å². The number of hydrogen-bond acceptors (Lipinski definition) is 1. The molecule has 4 aromatic carbocycles. The Balaban J connectivity index is 1.37. The number of rotatable bonds is 4. The molecule has 1 aliphatic heterocycles. The molecule has 5 aromatic rings. The monoisotopic (exact) mass is 439 g/mol. The topological polar surface area (TPSA) is 7.12 Å². The van der Waals surface area contributed by atoms with Crippen molar-refractivity contribution >= 4 is 17.1 Å². The van der Waals surface area contributed by atoms with E-state index < -0.39 is 0 Å². The largest absolute Gasteiger partial charge is 0.310 e. The SMILES string of the molecule is Cc1cccc(N(c2ccc(-c3ccc4c(c3)C[n+]3ccccc3-4)cc2)c2cccc(C)c2)c1. The van der Waals surface area contributed by atoms with Gasteiger partial charge in [-0.05, 0) is 90.7 Å². The summed E-state index contributed by atoms with van der Waals surface area (Å²) in [6.45, 7) is 5.23. The maximum atomic E-state index is 2.34. The van der Waals surface area contributed by atoms with Crippen LogP contribution in [0.3, 0.4) is 0 Å². The Kier molecular flexibility index (Phi) is 5.00. The Bertz CT molecular complexity index is 1450. The lowest BCUT2D eigenvalue weighted by Gasteiger charge is -2.26. The van der Waals surface area contributed by atoms with E-state index in [1.807, 2.05) is 0 Å². The minimum Gasteiger partial charge on any atom is -0.310 e. The van der Waals surface area contributed by atoms with E-state index in [9.17, 15) is 0 Å². The third-order valence-corrected chi connectivity index (χ3v) is 6.64. The summed E-state index contributed by atoms with van der Waals surface area (Å²) in [6, 6.07) is 39.6. The van der Waals surface area contributed by atoms with Crippen LogP contribution in [-0.4, -0.2) is 0 Å². The Morgan fingerprint density at radius 3 is 1.94 bits per heavy atom. The van der Waals surface area contributed by atoms with Gasteiger partial charge in [-0.15, -0.1) is 0 Å². The molecule has 0 spiro atoms. The Labute approximate surface area is 201 Å². The fraction of sp³-hybridized carbons (Fsp3) is 0.0938. The third-order valence-electron chi connectivity index (χ3n) is 6.64. The summed E-state index contributed by atoms with van der Waals surface area (Å²) < 4.78 is 2.32. The van der Waals surface area contributed by atoms with Crippen LogP contribution in [-0.2, 0) is 6.54 Å². The molecule has 6 rings (SSSR count). The molecule has 2 heteroatoms. The minimum atomic E-state index is 0.936. The van der Waals surface area contributed by atoms with Gasteiger partial charge in [-0.1, -0.05) is 42.5 Å². The highest BCUT2D eigenvalue weighted by Gasteiger charge is 2.25. The molecule has 0 unspecified atom stereocenters. The van der Waals surface area contributed by atoms with Gasteiger partial charge in [0, 0.05) is 34.8 Å². The van der Waals surface area contributed by atoms with Crippen molar-refractivity contribution in [3.8, 4) is 22.4 Å². The van der Waals surface area contributed by atoms with Crippen molar-refractivity contribution in [3.63, 3.8) is 0 Å². The van der Waals surface area contributed by atoms with Crippen LogP contribution in [0.15, 0.2) is 115 Å². The van der Waals surface area contributed by atoms with E-state index in [-0.39, 0.29) is 0 Å². The van der Waals surface area contributed by atoms with E-state index in [1.165, 1.54) is 50.4 Å². The van der Waals surface area contributed by atoms with Crippen LogP contribution in [0.2, 0.25) is 0 Å². The molecule has 1 aromatic heterocycles. The average molecular weight is 440 g/mol. The number of aryl methyl sites for hydroxylation is 2. The number of benzene rings is 4. The van der Waals surface area contributed by atoms with Crippen molar-refractivity contribution in [1.82, 2.24) is 0 Å². The normalized spacial score (nSPS) is 11.7. The van der Waals surface area contributed by atoms with Gasteiger partial charge >= 0.3 is 0 Å². The quantitative estimate of drug-likeness (QED) is 0.255. The number of pyridine rings is 1. The molecule has 0 amide bonds. The molecule has 1 aliphatic rings. The molecule has 164 valence electrons. The predicted octanol–water partition coefficient (Wildman–Crippen LogP) is 7.76. The van der Waals surface area contributed by atoms with Crippen LogP contribution in [0.4, 0.5) is 17.1 Å². The second-order valence-corrected chi connectivity index (χ2v) is 9.15. The lowest BCUT2D eigenvalue weighted by molar-refractivity contribution is -0.672. The van der Waals surface area contributed by atoms with Crippen LogP contribution in [0.1, 0.15) is 16.7 Å². The highest BCUT2D eigenvalue weighted by atomic mass is 15.1. The van der Waals surface area contributed by atoms with Crippen LogP contribution in [0.5, 0.6) is 0 Å². The molecule has 0 bridgehead atoms. The number of anilines is 3. The van der Waals surface area contributed by atoms with E-state index in [2.05, 4.69) is 139 Å². The summed E-state index contributed by atoms with van der Waals surface area (Å²) in [5, 5.41) is 0. The van der Waals surface area contributed by atoms with Gasteiger partial charge in [-0.3, -0.25) is 0 Å². The zero-order chi connectivity index (χ0) is 23.1. The number of fused-ring (bicyclic) bond motifs is 3. The van der Waals surface area contributed by atoms with Gasteiger partial charge in [0.15, 0.2) is 12.7 Å². The molecule has 0 atom stereocenters. The number of nitrogens with zero attached hydrogens (tertiary/aromatic N) is 2. The lowest BCUT2D eigenvalue weighted by atomic mass is 9.99. The van der Waals surface area contributed by atoms with Gasteiger partial charge in [0.1, 0.15) is 0 Å². The van der Waals surface area contributed by atoms with Crippen LogP contribution < -0.4 is 9.47 Å². The van der Waals surface area contributed by atoms with Gasteiger partial charge in [-0.2, -0.15) is 4.57 Å². The Morgan fingerprint density at radius 2 is 1.26 bits per heavy atom. The van der Waals surface area contributed by atoms with E-state index in [0.29, 0.717) is 0 Å². The standard InChI is InChI=1S/C32H27N2/c1-23-7-5-9-29(19-23)34(30-10-6-8-24(2)20-30)28-15-12-25(13-16-28)26-14-17-31-27(21-26)22-33-18-4-3-11-32(31)33/h3-21H,22H2,1-2H3/q+1. The van der Waals surface area contributed by atoms with Gasteiger partial charge < -0.3 is 4.90 Å². The first-order valence-corrected chi connectivity index (χ1v) is 11.8. The van der Waals surface area contributed by atoms with Crippen molar-refractivity contribution in [2.75, 3.05) is 4.90 Å². The predicted molar refractivity (Wildman–Crippen MR) is 141 cm³/mol. The third kappa shape index (κ3) is 3.68. The molecular weight excluding hydrogens is 412 g/mol. The Hall–Kier alpha value is -4.17. The summed E-state index contributed by atoms with van der Waals surface area (Å²) in [7, 11) is 0. The van der Waals surface area contributed by atoms with Gasteiger partial charge in [-0.25, -0.2) is 0 Å². The first-order chi connectivity index (χ1) is 16.7. The van der Waals surface area contributed by atoms with Gasteiger partial charge in [0.05, 0.1) is 5.56 Å². The van der Waals surface area contributed by atoms with Crippen molar-refractivity contribution in [2.45, 2.75) is 20.4 Å². The fourth-order valence-corrected chi connectivity index (χ4v) is 4.98. The molecule has 0 fully saturated rings. The zero-order valence-corrected chi connectivity index (χ0v) is 19.6.